The van der Waals surface area contributed by atoms with Crippen molar-refractivity contribution in [3.63, 3.8) is 0 Å². The Morgan fingerprint density at radius 2 is 1.69 bits per heavy atom. The van der Waals surface area contributed by atoms with Gasteiger partial charge in [0.05, 0.1) is 23.7 Å². The normalized spacial score (nSPS) is 10.2. The number of carbonyl (C=O) groups excluding carboxylic acids is 2. The first kappa shape index (κ1) is 19.9. The van der Waals surface area contributed by atoms with Crippen LogP contribution in [0.4, 0.5) is 19.3 Å². The van der Waals surface area contributed by atoms with Crippen LogP contribution in [-0.4, -0.2) is 26.2 Å². The highest BCUT2D eigenvalue weighted by molar-refractivity contribution is 9.10. The topological polar surface area (TPSA) is 76.7 Å². The first-order valence-corrected chi connectivity index (χ1v) is 8.13. The maximum atomic E-state index is 13.6. The van der Waals surface area contributed by atoms with Crippen molar-refractivity contribution < 1.29 is 27.8 Å². The summed E-state index contributed by atoms with van der Waals surface area (Å²) in [4.78, 5) is 24.4. The van der Waals surface area contributed by atoms with Crippen LogP contribution in [0.2, 0.25) is 5.02 Å². The molecule has 2 N–H and O–H groups in total. The molecule has 2 aromatic carbocycles. The number of urea groups is 1. The lowest BCUT2D eigenvalue weighted by molar-refractivity contribution is 0.0960. The molecule has 0 aliphatic heterocycles. The van der Waals surface area contributed by atoms with Gasteiger partial charge in [0.25, 0.3) is 5.91 Å². The molecule has 0 radical (unpaired) electrons. The lowest BCUT2D eigenvalue weighted by atomic mass is 10.1. The number of methoxy groups -OCH3 is 2. The second-order valence-electron chi connectivity index (χ2n) is 4.79. The van der Waals surface area contributed by atoms with Crippen LogP contribution in [0.1, 0.15) is 10.4 Å². The van der Waals surface area contributed by atoms with E-state index >= 15 is 0 Å². The average Bonchev–Trinajstić information content (AvgIpc) is 2.57. The first-order valence-electron chi connectivity index (χ1n) is 6.96. The predicted octanol–water partition coefficient (Wildman–Crippen LogP) is 4.36. The van der Waals surface area contributed by atoms with E-state index in [9.17, 15) is 18.4 Å². The van der Waals surface area contributed by atoms with Crippen molar-refractivity contribution in [2.75, 3.05) is 19.5 Å². The van der Waals surface area contributed by atoms with Crippen molar-refractivity contribution in [2.45, 2.75) is 0 Å². The van der Waals surface area contributed by atoms with Gasteiger partial charge in [0.1, 0.15) is 28.6 Å². The third kappa shape index (κ3) is 4.05. The lowest BCUT2D eigenvalue weighted by Gasteiger charge is -2.16. The highest BCUT2D eigenvalue weighted by Gasteiger charge is 2.26. The molecule has 2 rings (SSSR count). The zero-order valence-corrected chi connectivity index (χ0v) is 15.8. The van der Waals surface area contributed by atoms with Crippen LogP contribution in [0.15, 0.2) is 28.7 Å². The third-order valence-electron chi connectivity index (χ3n) is 3.21. The van der Waals surface area contributed by atoms with Crippen molar-refractivity contribution in [3.05, 3.63) is 51.0 Å². The number of anilines is 1. The van der Waals surface area contributed by atoms with E-state index in [-0.39, 0.29) is 22.1 Å². The molecule has 3 amide bonds. The van der Waals surface area contributed by atoms with Crippen molar-refractivity contribution in [1.82, 2.24) is 5.32 Å². The third-order valence-corrected chi connectivity index (χ3v) is 4.07. The molecule has 138 valence electrons. The molecule has 6 nitrogen and oxygen atoms in total. The van der Waals surface area contributed by atoms with Gasteiger partial charge in [0.15, 0.2) is 5.75 Å². The standard InChI is InChI=1S/C16H12BrClF2N2O4/c1-25-13-7(17)6-8(18)14(26-2)11(13)15(23)22-16(24)21-12-9(19)4-3-5-10(12)20/h3-6H,1-2H3,(H2,21,22,23,24). The number of hydrogen-bond acceptors (Lipinski definition) is 4. The first-order chi connectivity index (χ1) is 12.3. The van der Waals surface area contributed by atoms with Crippen LogP contribution in [0.3, 0.4) is 0 Å². The molecule has 0 aliphatic rings. The summed E-state index contributed by atoms with van der Waals surface area (Å²) in [6.45, 7) is 0. The lowest BCUT2D eigenvalue weighted by Crippen LogP contribution is -2.35. The summed E-state index contributed by atoms with van der Waals surface area (Å²) < 4.78 is 37.7. The van der Waals surface area contributed by atoms with Crippen LogP contribution in [0, 0.1) is 11.6 Å². The fraction of sp³-hybridized carbons (Fsp3) is 0.125. The van der Waals surface area contributed by atoms with E-state index in [0.717, 1.165) is 18.2 Å². The number of halogens is 4. The Kier molecular flexibility index (Phi) is 6.38. The number of rotatable bonds is 4. The average molecular weight is 450 g/mol. The van der Waals surface area contributed by atoms with Crippen molar-refractivity contribution in [3.8, 4) is 11.5 Å². The summed E-state index contributed by atoms with van der Waals surface area (Å²) in [5.41, 5.74) is -0.859. The van der Waals surface area contributed by atoms with Gasteiger partial charge < -0.3 is 14.8 Å². The van der Waals surface area contributed by atoms with Gasteiger partial charge in [-0.05, 0) is 34.1 Å². The zero-order valence-electron chi connectivity index (χ0n) is 13.5. The zero-order chi connectivity index (χ0) is 19.4. The SMILES string of the molecule is COc1c(Cl)cc(Br)c(OC)c1C(=O)NC(=O)Nc1c(F)cccc1F. The molecule has 0 bridgehead atoms. The number of nitrogens with one attached hydrogen (secondary N) is 2. The number of carbonyl (C=O) groups is 2. The van der Waals surface area contributed by atoms with Gasteiger partial charge in [0.2, 0.25) is 0 Å². The summed E-state index contributed by atoms with van der Waals surface area (Å²) in [6.07, 6.45) is 0. The molecule has 0 aliphatic carbocycles. The Balaban J connectivity index is 2.31. The van der Waals surface area contributed by atoms with E-state index in [1.165, 1.54) is 20.3 Å². The van der Waals surface area contributed by atoms with E-state index in [1.54, 1.807) is 0 Å². The molecule has 2 aromatic rings. The molecule has 0 fully saturated rings. The second-order valence-corrected chi connectivity index (χ2v) is 6.05. The molecule has 0 atom stereocenters. The summed E-state index contributed by atoms with van der Waals surface area (Å²) >= 11 is 9.21. The number of hydrogen-bond donors (Lipinski definition) is 2. The molecule has 26 heavy (non-hydrogen) atoms. The number of para-hydroxylation sites is 1. The molecule has 10 heteroatoms. The largest absolute Gasteiger partial charge is 0.495 e. The minimum Gasteiger partial charge on any atom is -0.495 e. The highest BCUT2D eigenvalue weighted by Crippen LogP contribution is 2.41. The monoisotopic (exact) mass is 448 g/mol. The molecule has 0 saturated heterocycles. The molecular formula is C16H12BrClF2N2O4. The maximum Gasteiger partial charge on any atom is 0.326 e. The molecule has 0 aromatic heterocycles. The molecule has 0 unspecified atom stereocenters. The van der Waals surface area contributed by atoms with E-state index in [1.807, 2.05) is 10.6 Å². The van der Waals surface area contributed by atoms with Crippen LogP contribution in [0.25, 0.3) is 0 Å². The Labute approximate surface area is 160 Å². The van der Waals surface area contributed by atoms with E-state index in [4.69, 9.17) is 21.1 Å². The minimum atomic E-state index is -1.15. The number of benzene rings is 2. The fourth-order valence-corrected chi connectivity index (χ4v) is 3.12. The van der Waals surface area contributed by atoms with Gasteiger partial charge in [-0.2, -0.15) is 0 Å². The van der Waals surface area contributed by atoms with E-state index < -0.39 is 29.3 Å². The Morgan fingerprint density at radius 3 is 2.23 bits per heavy atom. The van der Waals surface area contributed by atoms with Gasteiger partial charge in [-0.3, -0.25) is 10.1 Å². The van der Waals surface area contributed by atoms with Crippen molar-refractivity contribution in [1.29, 1.82) is 0 Å². The predicted molar refractivity (Wildman–Crippen MR) is 95.1 cm³/mol. The fourth-order valence-electron chi connectivity index (χ4n) is 2.12. The highest BCUT2D eigenvalue weighted by atomic mass is 79.9. The number of imide groups is 1. The van der Waals surface area contributed by atoms with Crippen molar-refractivity contribution in [2.24, 2.45) is 0 Å². The van der Waals surface area contributed by atoms with Gasteiger partial charge in [-0.1, -0.05) is 17.7 Å². The molecule has 0 spiro atoms. The summed E-state index contributed by atoms with van der Waals surface area (Å²) in [5.74, 6) is -2.90. The van der Waals surface area contributed by atoms with Crippen LogP contribution >= 0.6 is 27.5 Å². The Hall–Kier alpha value is -2.39. The molecular weight excluding hydrogens is 438 g/mol. The number of amides is 3. The Bertz CT molecular complexity index is 831. The van der Waals surface area contributed by atoms with Crippen LogP contribution in [-0.2, 0) is 0 Å². The molecule has 0 heterocycles. The molecule has 0 saturated carbocycles. The van der Waals surface area contributed by atoms with Gasteiger partial charge >= 0.3 is 6.03 Å². The van der Waals surface area contributed by atoms with Crippen molar-refractivity contribution >= 4 is 45.2 Å². The van der Waals surface area contributed by atoms with Gasteiger partial charge in [-0.15, -0.1) is 0 Å². The summed E-state index contributed by atoms with van der Waals surface area (Å²) in [7, 11) is 2.58. The summed E-state index contributed by atoms with van der Waals surface area (Å²) in [6, 6.07) is 3.35. The van der Waals surface area contributed by atoms with Crippen LogP contribution in [0.5, 0.6) is 11.5 Å². The quantitative estimate of drug-likeness (QED) is 0.727. The maximum absolute atomic E-state index is 13.6. The minimum absolute atomic E-state index is 0.0333. The smallest absolute Gasteiger partial charge is 0.326 e. The van der Waals surface area contributed by atoms with E-state index in [2.05, 4.69) is 15.9 Å². The summed E-state index contributed by atoms with van der Waals surface area (Å²) in [5, 5.41) is 3.97. The van der Waals surface area contributed by atoms with Gasteiger partial charge in [0, 0.05) is 0 Å². The van der Waals surface area contributed by atoms with Crippen LogP contribution < -0.4 is 20.1 Å². The Morgan fingerprint density at radius 1 is 1.12 bits per heavy atom. The second kappa shape index (κ2) is 8.33. The number of ether oxygens (including phenoxy) is 2. The van der Waals surface area contributed by atoms with Gasteiger partial charge in [-0.25, -0.2) is 13.6 Å². The van der Waals surface area contributed by atoms with E-state index in [0.29, 0.717) is 4.47 Å².